The lowest BCUT2D eigenvalue weighted by Crippen LogP contribution is -2.29. The molecule has 1 amide bonds. The molecule has 1 aliphatic rings. The number of aliphatic hydroxyl groups is 1. The molecule has 8 heteroatoms. The van der Waals surface area contributed by atoms with Crippen molar-refractivity contribution in [3.05, 3.63) is 94.3 Å². The fourth-order valence-electron chi connectivity index (χ4n) is 4.39. The second-order valence-corrected chi connectivity index (χ2v) is 9.39. The van der Waals surface area contributed by atoms with Crippen LogP contribution in [0, 0.1) is 19.7 Å². The first-order chi connectivity index (χ1) is 16.8. The van der Waals surface area contributed by atoms with E-state index in [0.29, 0.717) is 22.0 Å². The lowest BCUT2D eigenvalue weighted by atomic mass is 9.95. The van der Waals surface area contributed by atoms with Crippen LogP contribution in [0.15, 0.2) is 66.2 Å². The van der Waals surface area contributed by atoms with E-state index in [-0.39, 0.29) is 11.3 Å². The summed E-state index contributed by atoms with van der Waals surface area (Å²) < 4.78 is 20.3. The van der Waals surface area contributed by atoms with Gasteiger partial charge in [-0.3, -0.25) is 14.5 Å². The van der Waals surface area contributed by atoms with Crippen LogP contribution in [0.5, 0.6) is 5.75 Å². The molecule has 3 aromatic carbocycles. The third-order valence-corrected chi connectivity index (χ3v) is 7.00. The largest absolute Gasteiger partial charge is 0.507 e. The molecule has 0 saturated carbocycles. The van der Waals surface area contributed by atoms with Crippen molar-refractivity contribution >= 4 is 44.1 Å². The summed E-state index contributed by atoms with van der Waals surface area (Å²) in [7, 11) is 1.52. The number of ether oxygens (including phenoxy) is 1. The van der Waals surface area contributed by atoms with Gasteiger partial charge in [0.25, 0.3) is 5.78 Å². The summed E-state index contributed by atoms with van der Waals surface area (Å²) >= 11 is 1.27. The Bertz CT molecular complexity index is 1520. The van der Waals surface area contributed by atoms with Gasteiger partial charge >= 0.3 is 5.91 Å². The maximum Gasteiger partial charge on any atom is 0.301 e. The van der Waals surface area contributed by atoms with Crippen LogP contribution in [0.1, 0.15) is 28.3 Å². The van der Waals surface area contributed by atoms with Gasteiger partial charge in [-0.2, -0.15) is 0 Å². The zero-order valence-corrected chi connectivity index (χ0v) is 20.0. The molecule has 2 heterocycles. The summed E-state index contributed by atoms with van der Waals surface area (Å²) in [5.41, 5.74) is 3.28. The topological polar surface area (TPSA) is 79.7 Å². The molecular formula is C27H21FN2O4S. The van der Waals surface area contributed by atoms with E-state index in [4.69, 9.17) is 4.74 Å². The molecule has 4 aromatic rings. The first kappa shape index (κ1) is 22.7. The van der Waals surface area contributed by atoms with E-state index in [1.54, 1.807) is 30.3 Å². The minimum atomic E-state index is -1.05. The van der Waals surface area contributed by atoms with Crippen LogP contribution in [-0.4, -0.2) is 28.9 Å². The number of hydrogen-bond donors (Lipinski definition) is 1. The number of fused-ring (bicyclic) bond motifs is 1. The van der Waals surface area contributed by atoms with Gasteiger partial charge in [0.2, 0.25) is 0 Å². The summed E-state index contributed by atoms with van der Waals surface area (Å²) in [6.45, 7) is 3.90. The number of amides is 1. The van der Waals surface area contributed by atoms with Gasteiger partial charge < -0.3 is 9.84 Å². The predicted octanol–water partition coefficient (Wildman–Crippen LogP) is 5.69. The molecule has 1 atom stereocenters. The molecule has 1 aromatic heterocycles. The van der Waals surface area contributed by atoms with Crippen LogP contribution >= 0.6 is 11.3 Å². The number of rotatable bonds is 4. The molecule has 176 valence electrons. The zero-order valence-electron chi connectivity index (χ0n) is 19.2. The lowest BCUT2D eigenvalue weighted by molar-refractivity contribution is -0.132. The number of halogens is 1. The number of methoxy groups -OCH3 is 1. The van der Waals surface area contributed by atoms with Crippen molar-refractivity contribution in [1.29, 1.82) is 0 Å². The molecule has 0 bridgehead atoms. The molecule has 35 heavy (non-hydrogen) atoms. The van der Waals surface area contributed by atoms with Crippen LogP contribution in [0.2, 0.25) is 0 Å². The minimum Gasteiger partial charge on any atom is -0.507 e. The number of carbonyl (C=O) groups excluding carboxylic acids is 2. The van der Waals surface area contributed by atoms with Crippen LogP contribution in [0.3, 0.4) is 0 Å². The molecular weight excluding hydrogens is 467 g/mol. The van der Waals surface area contributed by atoms with Crippen molar-refractivity contribution in [3.63, 3.8) is 0 Å². The summed E-state index contributed by atoms with van der Waals surface area (Å²) in [5, 5.41) is 11.5. The highest BCUT2D eigenvalue weighted by Gasteiger charge is 2.48. The fraction of sp³-hybridized carbons (Fsp3) is 0.148. The normalized spacial score (nSPS) is 17.4. The third kappa shape index (κ3) is 3.85. The molecule has 0 aliphatic carbocycles. The molecule has 6 nitrogen and oxygen atoms in total. The maximum atomic E-state index is 14.2. The number of nitrogens with zero attached hydrogens (tertiary/aromatic N) is 2. The minimum absolute atomic E-state index is 0.127. The van der Waals surface area contributed by atoms with Crippen LogP contribution in [0.4, 0.5) is 9.52 Å². The Kier molecular flexibility index (Phi) is 5.61. The quantitative estimate of drug-likeness (QED) is 0.227. The van der Waals surface area contributed by atoms with Crippen LogP contribution < -0.4 is 9.64 Å². The molecule has 0 unspecified atom stereocenters. The van der Waals surface area contributed by atoms with Crippen molar-refractivity contribution in [3.8, 4) is 5.75 Å². The molecule has 1 aliphatic heterocycles. The number of thiazole rings is 1. The number of ketones is 1. The molecule has 1 N–H and O–H groups in total. The van der Waals surface area contributed by atoms with Crippen molar-refractivity contribution in [2.45, 2.75) is 19.9 Å². The van der Waals surface area contributed by atoms with Crippen LogP contribution in [0.25, 0.3) is 16.0 Å². The van der Waals surface area contributed by atoms with E-state index in [1.807, 2.05) is 26.0 Å². The third-order valence-electron chi connectivity index (χ3n) is 6.00. The average Bonchev–Trinajstić information content (AvgIpc) is 3.37. The number of aliphatic hydroxyl groups excluding tert-OH is 1. The van der Waals surface area contributed by atoms with Gasteiger partial charge in [0.05, 0.1) is 28.9 Å². The maximum absolute atomic E-state index is 14.2. The Morgan fingerprint density at radius 2 is 1.83 bits per heavy atom. The lowest BCUT2D eigenvalue weighted by Gasteiger charge is -2.23. The van der Waals surface area contributed by atoms with E-state index in [1.165, 1.54) is 41.5 Å². The number of Topliss-reactive ketones (excluding diaryl/α,β-unsaturated/α-hetero) is 1. The number of benzene rings is 3. The van der Waals surface area contributed by atoms with Gasteiger partial charge in [0.1, 0.15) is 17.3 Å². The second kappa shape index (κ2) is 8.63. The second-order valence-electron chi connectivity index (χ2n) is 8.38. The first-order valence-corrected chi connectivity index (χ1v) is 11.7. The van der Waals surface area contributed by atoms with Gasteiger partial charge in [0.15, 0.2) is 5.13 Å². The monoisotopic (exact) mass is 488 g/mol. The molecule has 5 rings (SSSR count). The molecule has 0 spiro atoms. The van der Waals surface area contributed by atoms with Gasteiger partial charge in [-0.25, -0.2) is 9.37 Å². The van der Waals surface area contributed by atoms with Crippen LogP contribution in [-0.2, 0) is 9.59 Å². The highest BCUT2D eigenvalue weighted by molar-refractivity contribution is 7.22. The van der Waals surface area contributed by atoms with E-state index >= 15 is 0 Å². The van der Waals surface area contributed by atoms with E-state index in [0.717, 1.165) is 21.3 Å². The average molecular weight is 489 g/mol. The van der Waals surface area contributed by atoms with Crippen molar-refractivity contribution in [1.82, 2.24) is 4.98 Å². The zero-order chi connectivity index (χ0) is 24.9. The number of carbonyl (C=O) groups is 2. The Labute approximate surface area is 204 Å². The van der Waals surface area contributed by atoms with Crippen molar-refractivity contribution in [2.75, 3.05) is 12.0 Å². The van der Waals surface area contributed by atoms with Gasteiger partial charge in [-0.05, 0) is 73.0 Å². The van der Waals surface area contributed by atoms with Crippen molar-refractivity contribution < 1.29 is 23.8 Å². The smallest absolute Gasteiger partial charge is 0.301 e. The molecule has 0 radical (unpaired) electrons. The Morgan fingerprint density at radius 3 is 2.51 bits per heavy atom. The number of aryl methyl sites for hydroxylation is 2. The van der Waals surface area contributed by atoms with E-state index < -0.39 is 23.5 Å². The summed E-state index contributed by atoms with van der Waals surface area (Å²) in [6, 6.07) is 15.0. The molecule has 1 saturated heterocycles. The highest BCUT2D eigenvalue weighted by Crippen LogP contribution is 2.44. The molecule has 1 fully saturated rings. The van der Waals surface area contributed by atoms with E-state index in [2.05, 4.69) is 4.98 Å². The first-order valence-electron chi connectivity index (χ1n) is 10.9. The number of aromatic nitrogens is 1. The predicted molar refractivity (Wildman–Crippen MR) is 133 cm³/mol. The Morgan fingerprint density at radius 1 is 1.09 bits per heavy atom. The SMILES string of the molecule is COc1ccc(C(O)=C2C(=O)C(=O)N(c3nc4c(C)cc(C)cc4s3)[C@H]2c2cccc(F)c2)cc1. The number of hydrogen-bond acceptors (Lipinski definition) is 6. The van der Waals surface area contributed by atoms with Crippen molar-refractivity contribution in [2.24, 2.45) is 0 Å². The summed E-state index contributed by atoms with van der Waals surface area (Å²) in [6.07, 6.45) is 0. The van der Waals surface area contributed by atoms with Gasteiger partial charge in [-0.15, -0.1) is 0 Å². The fourth-order valence-corrected chi connectivity index (χ4v) is 5.56. The van der Waals surface area contributed by atoms with Gasteiger partial charge in [-0.1, -0.05) is 29.5 Å². The van der Waals surface area contributed by atoms with Gasteiger partial charge in [0, 0.05) is 5.56 Å². The highest BCUT2D eigenvalue weighted by atomic mass is 32.1. The Hall–Kier alpha value is -4.04. The standard InChI is InChI=1S/C27H21FN2O4S/c1-14-11-15(2)22-20(12-14)35-27(29-22)30-23(17-5-4-6-18(28)13-17)21(25(32)26(30)33)24(31)16-7-9-19(34-3)10-8-16/h4-13,23,31H,1-3H3/t23-/m0/s1. The van der Waals surface area contributed by atoms with E-state index in [9.17, 15) is 19.1 Å². The number of anilines is 1. The summed E-state index contributed by atoms with van der Waals surface area (Å²) in [4.78, 5) is 32.5. The summed E-state index contributed by atoms with van der Waals surface area (Å²) in [5.74, 6) is -1.99. The Balaban J connectivity index is 1.73.